The van der Waals surface area contributed by atoms with Crippen LogP contribution in [0.1, 0.15) is 5.56 Å². The van der Waals surface area contributed by atoms with Crippen LogP contribution in [-0.4, -0.2) is 9.55 Å². The van der Waals surface area contributed by atoms with Gasteiger partial charge in [-0.3, -0.25) is 4.57 Å². The van der Waals surface area contributed by atoms with Crippen LogP contribution in [0, 0.1) is 12.7 Å². The molecule has 0 aliphatic carbocycles. The molecule has 102 valence electrons. The Kier molecular flexibility index (Phi) is 3.07. The molecule has 0 aliphatic rings. The van der Waals surface area contributed by atoms with Gasteiger partial charge < -0.3 is 5.73 Å². The van der Waals surface area contributed by atoms with E-state index in [-0.39, 0.29) is 16.0 Å². The molecule has 0 unspecified atom stereocenters. The summed E-state index contributed by atoms with van der Waals surface area (Å²) in [6, 6.07) is 8.09. The fraction of sp³-hybridized carbons (Fsp3) is 0.0714. The van der Waals surface area contributed by atoms with Crippen molar-refractivity contribution in [3.05, 3.63) is 51.8 Å². The van der Waals surface area contributed by atoms with E-state index in [1.807, 2.05) is 25.1 Å². The Hall–Kier alpha value is -1.78. The maximum atomic E-state index is 13.3. The van der Waals surface area contributed by atoms with Crippen LogP contribution in [0.15, 0.2) is 30.3 Å². The third kappa shape index (κ3) is 1.92. The molecule has 0 fully saturated rings. The number of anilines is 1. The lowest BCUT2D eigenvalue weighted by Gasteiger charge is -2.11. The largest absolute Gasteiger partial charge is 0.369 e. The second-order valence-electron chi connectivity index (χ2n) is 4.47. The van der Waals surface area contributed by atoms with E-state index in [0.717, 1.165) is 16.6 Å². The van der Waals surface area contributed by atoms with Gasteiger partial charge in [0.05, 0.1) is 26.8 Å². The summed E-state index contributed by atoms with van der Waals surface area (Å²) in [5, 5.41) is 0.366. The first kappa shape index (κ1) is 13.2. The Morgan fingerprint density at radius 1 is 1.20 bits per heavy atom. The molecule has 1 heterocycles. The lowest BCUT2D eigenvalue weighted by atomic mass is 10.2. The van der Waals surface area contributed by atoms with Gasteiger partial charge in [0, 0.05) is 0 Å². The number of nitrogens with two attached hydrogens (primary N) is 1. The van der Waals surface area contributed by atoms with Gasteiger partial charge in [0.2, 0.25) is 5.95 Å². The highest BCUT2D eigenvalue weighted by Gasteiger charge is 2.17. The van der Waals surface area contributed by atoms with Crippen molar-refractivity contribution >= 4 is 40.2 Å². The minimum absolute atomic E-state index is 0.183. The first-order chi connectivity index (χ1) is 9.49. The van der Waals surface area contributed by atoms with Gasteiger partial charge in [-0.1, -0.05) is 35.3 Å². The highest BCUT2D eigenvalue weighted by molar-refractivity contribution is 6.38. The average Bonchev–Trinajstić information content (AvgIpc) is 2.67. The second-order valence-corrected chi connectivity index (χ2v) is 5.28. The summed E-state index contributed by atoms with van der Waals surface area (Å²) in [6.07, 6.45) is 0. The number of imidazole rings is 1. The minimum atomic E-state index is -0.497. The number of hydrogen-bond acceptors (Lipinski definition) is 2. The van der Waals surface area contributed by atoms with Crippen molar-refractivity contribution in [2.75, 3.05) is 5.73 Å². The van der Waals surface area contributed by atoms with Crippen LogP contribution in [0.3, 0.4) is 0 Å². The summed E-state index contributed by atoms with van der Waals surface area (Å²) in [5.74, 6) is -0.243. The minimum Gasteiger partial charge on any atom is -0.369 e. The Bertz CT molecular complexity index is 804. The van der Waals surface area contributed by atoms with Gasteiger partial charge in [0.1, 0.15) is 5.82 Å². The van der Waals surface area contributed by atoms with Gasteiger partial charge in [0.15, 0.2) is 0 Å². The summed E-state index contributed by atoms with van der Waals surface area (Å²) < 4.78 is 14.9. The highest BCUT2D eigenvalue weighted by Crippen LogP contribution is 2.34. The van der Waals surface area contributed by atoms with Crippen molar-refractivity contribution in [3.8, 4) is 5.69 Å². The molecule has 2 N–H and O–H groups in total. The summed E-state index contributed by atoms with van der Waals surface area (Å²) in [5.41, 5.74) is 8.93. The zero-order valence-corrected chi connectivity index (χ0v) is 12.0. The number of aryl methyl sites for hydroxylation is 1. The van der Waals surface area contributed by atoms with E-state index in [0.29, 0.717) is 5.69 Å². The number of fused-ring (bicyclic) bond motifs is 1. The SMILES string of the molecule is Cc1cccc2c1nc(N)n2-c1c(Cl)cc(F)cc1Cl. The van der Waals surface area contributed by atoms with E-state index in [1.165, 1.54) is 12.1 Å². The van der Waals surface area contributed by atoms with E-state index >= 15 is 0 Å². The molecule has 0 radical (unpaired) electrons. The number of nitrogen functional groups attached to an aromatic ring is 1. The fourth-order valence-corrected chi connectivity index (χ4v) is 2.87. The lowest BCUT2D eigenvalue weighted by Crippen LogP contribution is -2.02. The molecular formula is C14H10Cl2FN3. The van der Waals surface area contributed by atoms with Crippen LogP contribution < -0.4 is 5.73 Å². The summed E-state index contributed by atoms with van der Waals surface area (Å²) in [6.45, 7) is 1.94. The van der Waals surface area contributed by atoms with Crippen molar-refractivity contribution in [2.24, 2.45) is 0 Å². The topological polar surface area (TPSA) is 43.8 Å². The van der Waals surface area contributed by atoms with Crippen LogP contribution >= 0.6 is 23.2 Å². The number of hydrogen-bond donors (Lipinski definition) is 1. The van der Waals surface area contributed by atoms with Gasteiger partial charge in [-0.2, -0.15) is 0 Å². The Balaban J connectivity index is 2.42. The standard InChI is InChI=1S/C14H10Cl2FN3/c1-7-3-2-4-11-12(7)19-14(18)20(11)13-9(15)5-8(17)6-10(13)16/h2-6H,1H3,(H2,18,19). The molecule has 0 atom stereocenters. The molecule has 1 aromatic heterocycles. The molecule has 0 saturated carbocycles. The molecule has 6 heteroatoms. The highest BCUT2D eigenvalue weighted by atomic mass is 35.5. The van der Waals surface area contributed by atoms with Gasteiger partial charge >= 0.3 is 0 Å². The molecule has 0 bridgehead atoms. The summed E-state index contributed by atoms with van der Waals surface area (Å²) in [7, 11) is 0. The molecule has 0 spiro atoms. The molecule has 3 rings (SSSR count). The van der Waals surface area contributed by atoms with Crippen molar-refractivity contribution in [1.29, 1.82) is 0 Å². The third-order valence-electron chi connectivity index (χ3n) is 3.12. The normalized spacial score (nSPS) is 11.2. The van der Waals surface area contributed by atoms with Crippen LogP contribution in [0.5, 0.6) is 0 Å². The van der Waals surface area contributed by atoms with Gasteiger partial charge in [-0.05, 0) is 30.7 Å². The molecule has 0 amide bonds. The maximum absolute atomic E-state index is 13.3. The van der Waals surface area contributed by atoms with Gasteiger partial charge in [-0.25, -0.2) is 9.37 Å². The predicted octanol–water partition coefficient (Wildman–Crippen LogP) is 4.36. The fourth-order valence-electron chi connectivity index (χ4n) is 2.24. The van der Waals surface area contributed by atoms with Crippen molar-refractivity contribution in [3.63, 3.8) is 0 Å². The Morgan fingerprint density at radius 3 is 2.50 bits per heavy atom. The molecular weight excluding hydrogens is 300 g/mol. The molecule has 20 heavy (non-hydrogen) atoms. The monoisotopic (exact) mass is 309 g/mol. The molecule has 0 aliphatic heterocycles. The summed E-state index contributed by atoms with van der Waals surface area (Å²) >= 11 is 12.2. The zero-order chi connectivity index (χ0) is 14.4. The number of halogens is 3. The van der Waals surface area contributed by atoms with Crippen LogP contribution in [0.2, 0.25) is 10.0 Å². The zero-order valence-electron chi connectivity index (χ0n) is 10.5. The number of rotatable bonds is 1. The second kappa shape index (κ2) is 4.65. The number of benzene rings is 2. The lowest BCUT2D eigenvalue weighted by molar-refractivity contribution is 0.627. The first-order valence-electron chi connectivity index (χ1n) is 5.87. The van der Waals surface area contributed by atoms with Crippen molar-refractivity contribution < 1.29 is 4.39 Å². The molecule has 2 aromatic carbocycles. The maximum Gasteiger partial charge on any atom is 0.206 e. The predicted molar refractivity (Wildman–Crippen MR) is 80.2 cm³/mol. The molecule has 3 nitrogen and oxygen atoms in total. The van der Waals surface area contributed by atoms with Crippen LogP contribution in [0.25, 0.3) is 16.7 Å². The van der Waals surface area contributed by atoms with E-state index in [9.17, 15) is 4.39 Å². The van der Waals surface area contributed by atoms with Crippen LogP contribution in [0.4, 0.5) is 10.3 Å². The van der Waals surface area contributed by atoms with E-state index in [1.54, 1.807) is 4.57 Å². The number of nitrogens with zero attached hydrogens (tertiary/aromatic N) is 2. The van der Waals surface area contributed by atoms with Crippen molar-refractivity contribution in [1.82, 2.24) is 9.55 Å². The number of aromatic nitrogens is 2. The Labute approximate surface area is 124 Å². The average molecular weight is 310 g/mol. The van der Waals surface area contributed by atoms with Gasteiger partial charge in [0.25, 0.3) is 0 Å². The molecule has 0 saturated heterocycles. The van der Waals surface area contributed by atoms with E-state index < -0.39 is 5.82 Å². The third-order valence-corrected chi connectivity index (χ3v) is 3.69. The van der Waals surface area contributed by atoms with Crippen LogP contribution in [-0.2, 0) is 0 Å². The Morgan fingerprint density at radius 2 is 1.85 bits per heavy atom. The molecule has 3 aromatic rings. The van der Waals surface area contributed by atoms with E-state index in [4.69, 9.17) is 28.9 Å². The quantitative estimate of drug-likeness (QED) is 0.725. The number of para-hydroxylation sites is 1. The van der Waals surface area contributed by atoms with Crippen molar-refractivity contribution in [2.45, 2.75) is 6.92 Å². The smallest absolute Gasteiger partial charge is 0.206 e. The van der Waals surface area contributed by atoms with Gasteiger partial charge in [-0.15, -0.1) is 0 Å². The summed E-state index contributed by atoms with van der Waals surface area (Å²) in [4.78, 5) is 4.32. The first-order valence-corrected chi connectivity index (χ1v) is 6.63. The van der Waals surface area contributed by atoms with E-state index in [2.05, 4.69) is 4.98 Å².